The highest BCUT2D eigenvalue weighted by Crippen LogP contribution is 2.18. The molecule has 0 saturated carbocycles. The van der Waals surface area contributed by atoms with E-state index in [1.54, 1.807) is 6.26 Å². The van der Waals surface area contributed by atoms with E-state index >= 15 is 0 Å². The number of furan rings is 1. The minimum absolute atomic E-state index is 0. The predicted molar refractivity (Wildman–Crippen MR) is 57.0 cm³/mol. The molecule has 1 aromatic heterocycles. The normalized spacial score (nSPS) is 12.6. The molecule has 0 amide bonds. The van der Waals surface area contributed by atoms with Crippen molar-refractivity contribution in [2.75, 3.05) is 0 Å². The van der Waals surface area contributed by atoms with Crippen LogP contribution in [0, 0.1) is 5.92 Å². The van der Waals surface area contributed by atoms with Gasteiger partial charge in [0.05, 0.1) is 12.3 Å². The van der Waals surface area contributed by atoms with E-state index in [4.69, 9.17) is 10.2 Å². The van der Waals surface area contributed by atoms with Crippen LogP contribution in [0.5, 0.6) is 0 Å². The Morgan fingerprint density at radius 3 is 2.54 bits per heavy atom. The van der Waals surface area contributed by atoms with Gasteiger partial charge in [-0.15, -0.1) is 12.4 Å². The van der Waals surface area contributed by atoms with Crippen LogP contribution in [0.3, 0.4) is 0 Å². The van der Waals surface area contributed by atoms with Crippen molar-refractivity contribution in [1.82, 2.24) is 0 Å². The molecule has 0 aliphatic carbocycles. The Bertz CT molecular complexity index is 209. The smallest absolute Gasteiger partial charge is 0.120 e. The molecule has 1 aromatic rings. The molecule has 0 aromatic carbocycles. The highest BCUT2D eigenvalue weighted by atomic mass is 35.5. The Kier molecular flexibility index (Phi) is 5.84. The van der Waals surface area contributed by atoms with Crippen LogP contribution >= 0.6 is 12.4 Å². The van der Waals surface area contributed by atoms with Crippen molar-refractivity contribution in [1.29, 1.82) is 0 Å². The van der Waals surface area contributed by atoms with Gasteiger partial charge in [-0.3, -0.25) is 0 Å². The average Bonchev–Trinajstić information content (AvgIpc) is 2.51. The molecule has 0 aliphatic heterocycles. The molecule has 1 unspecified atom stereocenters. The molecule has 0 bridgehead atoms. The Hall–Kier alpha value is -0.470. The molecule has 1 rings (SSSR count). The molecule has 3 heteroatoms. The second-order valence-corrected chi connectivity index (χ2v) is 3.59. The summed E-state index contributed by atoms with van der Waals surface area (Å²) < 4.78 is 5.20. The summed E-state index contributed by atoms with van der Waals surface area (Å²) in [6.07, 6.45) is 3.83. The van der Waals surface area contributed by atoms with Crippen LogP contribution in [-0.4, -0.2) is 0 Å². The van der Waals surface area contributed by atoms with E-state index in [0.717, 1.165) is 18.6 Å². The minimum atomic E-state index is 0. The lowest BCUT2D eigenvalue weighted by atomic mass is 10.0. The van der Waals surface area contributed by atoms with Crippen LogP contribution in [0.4, 0.5) is 0 Å². The highest BCUT2D eigenvalue weighted by Gasteiger charge is 2.08. The van der Waals surface area contributed by atoms with Crippen LogP contribution < -0.4 is 5.73 Å². The predicted octanol–water partition coefficient (Wildman–Crippen LogP) is 3.14. The Morgan fingerprint density at radius 1 is 1.38 bits per heavy atom. The van der Waals surface area contributed by atoms with E-state index < -0.39 is 0 Å². The van der Waals surface area contributed by atoms with Crippen molar-refractivity contribution in [3.8, 4) is 0 Å². The number of hydrogen-bond acceptors (Lipinski definition) is 2. The molecule has 13 heavy (non-hydrogen) atoms. The van der Waals surface area contributed by atoms with Crippen LogP contribution in [0.25, 0.3) is 0 Å². The number of nitrogens with two attached hydrogens (primary N) is 1. The van der Waals surface area contributed by atoms with Crippen molar-refractivity contribution >= 4 is 12.4 Å². The van der Waals surface area contributed by atoms with Gasteiger partial charge in [0.15, 0.2) is 0 Å². The van der Waals surface area contributed by atoms with Crippen LogP contribution in [-0.2, 0) is 0 Å². The third-order valence-corrected chi connectivity index (χ3v) is 1.96. The number of halogens is 1. The summed E-state index contributed by atoms with van der Waals surface area (Å²) in [5.74, 6) is 1.61. The van der Waals surface area contributed by atoms with Crippen molar-refractivity contribution in [3.63, 3.8) is 0 Å². The second kappa shape index (κ2) is 6.06. The summed E-state index contributed by atoms with van der Waals surface area (Å²) in [5.41, 5.74) is 5.89. The fourth-order valence-electron chi connectivity index (χ4n) is 1.16. The third-order valence-electron chi connectivity index (χ3n) is 1.96. The van der Waals surface area contributed by atoms with E-state index in [9.17, 15) is 0 Å². The van der Waals surface area contributed by atoms with Crippen molar-refractivity contribution in [3.05, 3.63) is 24.2 Å². The topological polar surface area (TPSA) is 39.2 Å². The summed E-state index contributed by atoms with van der Waals surface area (Å²) >= 11 is 0. The largest absolute Gasteiger partial charge is 0.468 e. The minimum Gasteiger partial charge on any atom is -0.468 e. The monoisotopic (exact) mass is 203 g/mol. The SMILES string of the molecule is CC(C)CCC(N)c1ccco1.Cl. The quantitative estimate of drug-likeness (QED) is 0.817. The lowest BCUT2D eigenvalue weighted by molar-refractivity contribution is 0.424. The molecule has 2 nitrogen and oxygen atoms in total. The fraction of sp³-hybridized carbons (Fsp3) is 0.600. The van der Waals surface area contributed by atoms with Crippen molar-refractivity contribution in [2.45, 2.75) is 32.7 Å². The van der Waals surface area contributed by atoms with Crippen molar-refractivity contribution < 1.29 is 4.42 Å². The first kappa shape index (κ1) is 12.5. The number of hydrogen-bond donors (Lipinski definition) is 1. The van der Waals surface area contributed by atoms with E-state index in [1.165, 1.54) is 0 Å². The van der Waals surface area contributed by atoms with Gasteiger partial charge in [-0.05, 0) is 30.9 Å². The first-order valence-electron chi connectivity index (χ1n) is 4.49. The van der Waals surface area contributed by atoms with E-state index in [1.807, 2.05) is 12.1 Å². The highest BCUT2D eigenvalue weighted by molar-refractivity contribution is 5.85. The maximum Gasteiger partial charge on any atom is 0.120 e. The number of rotatable bonds is 4. The molecule has 2 N–H and O–H groups in total. The van der Waals surface area contributed by atoms with Gasteiger partial charge >= 0.3 is 0 Å². The summed E-state index contributed by atoms with van der Waals surface area (Å²) in [6, 6.07) is 3.89. The molecule has 0 saturated heterocycles. The van der Waals surface area contributed by atoms with E-state index in [0.29, 0.717) is 5.92 Å². The summed E-state index contributed by atoms with van der Waals surface area (Å²) in [4.78, 5) is 0. The van der Waals surface area contributed by atoms with Gasteiger partial charge in [0, 0.05) is 0 Å². The fourth-order valence-corrected chi connectivity index (χ4v) is 1.16. The van der Waals surface area contributed by atoms with Gasteiger partial charge in [-0.25, -0.2) is 0 Å². The van der Waals surface area contributed by atoms with Crippen LogP contribution in [0.2, 0.25) is 0 Å². The van der Waals surface area contributed by atoms with Gasteiger partial charge in [-0.2, -0.15) is 0 Å². The average molecular weight is 204 g/mol. The Morgan fingerprint density at radius 2 is 2.08 bits per heavy atom. The van der Waals surface area contributed by atoms with Crippen LogP contribution in [0.15, 0.2) is 22.8 Å². The summed E-state index contributed by atoms with van der Waals surface area (Å²) in [6.45, 7) is 4.41. The first-order chi connectivity index (χ1) is 5.70. The maximum absolute atomic E-state index is 5.89. The Balaban J connectivity index is 0.00000144. The third kappa shape index (κ3) is 4.34. The molecule has 0 radical (unpaired) electrons. The van der Waals surface area contributed by atoms with Gasteiger partial charge < -0.3 is 10.2 Å². The van der Waals surface area contributed by atoms with Crippen molar-refractivity contribution in [2.24, 2.45) is 11.7 Å². The molecule has 76 valence electrons. The standard InChI is InChI=1S/C10H17NO.ClH/c1-8(2)5-6-9(11)10-4-3-7-12-10;/h3-4,7-9H,5-6,11H2,1-2H3;1H. The molecule has 1 heterocycles. The Labute approximate surface area is 85.9 Å². The first-order valence-corrected chi connectivity index (χ1v) is 4.49. The van der Waals surface area contributed by atoms with E-state index in [-0.39, 0.29) is 18.4 Å². The summed E-state index contributed by atoms with van der Waals surface area (Å²) in [5, 5.41) is 0. The lowest BCUT2D eigenvalue weighted by Crippen LogP contribution is -2.10. The molecule has 1 atom stereocenters. The zero-order valence-electron chi connectivity index (χ0n) is 8.19. The lowest BCUT2D eigenvalue weighted by Gasteiger charge is -2.09. The van der Waals surface area contributed by atoms with E-state index in [2.05, 4.69) is 13.8 Å². The molecular weight excluding hydrogens is 186 g/mol. The maximum atomic E-state index is 5.89. The molecule has 0 fully saturated rings. The molecule has 0 spiro atoms. The molecular formula is C10H18ClNO. The zero-order valence-corrected chi connectivity index (χ0v) is 9.01. The van der Waals surface area contributed by atoms with Gasteiger partial charge in [0.2, 0.25) is 0 Å². The zero-order chi connectivity index (χ0) is 8.97. The van der Waals surface area contributed by atoms with Crippen LogP contribution in [0.1, 0.15) is 38.5 Å². The van der Waals surface area contributed by atoms with Gasteiger partial charge in [0.25, 0.3) is 0 Å². The second-order valence-electron chi connectivity index (χ2n) is 3.59. The summed E-state index contributed by atoms with van der Waals surface area (Å²) in [7, 11) is 0. The molecule has 0 aliphatic rings. The van der Waals surface area contributed by atoms with Gasteiger partial charge in [0.1, 0.15) is 5.76 Å². The van der Waals surface area contributed by atoms with Gasteiger partial charge in [-0.1, -0.05) is 13.8 Å².